The summed E-state index contributed by atoms with van der Waals surface area (Å²) < 4.78 is 41.9. The maximum Gasteiger partial charge on any atom is 0.416 e. The van der Waals surface area contributed by atoms with Gasteiger partial charge in [0.25, 0.3) is 5.91 Å². The molecule has 102 valence electrons. The summed E-state index contributed by atoms with van der Waals surface area (Å²) in [5, 5.41) is 11.2. The molecule has 0 fully saturated rings. The Morgan fingerprint density at radius 2 is 2.17 bits per heavy atom. The fourth-order valence-electron chi connectivity index (χ4n) is 1.50. The Morgan fingerprint density at radius 1 is 1.56 bits per heavy atom. The number of nitrogens with one attached hydrogen (secondary N) is 1. The van der Waals surface area contributed by atoms with Gasteiger partial charge in [-0.2, -0.15) is 13.2 Å². The molecule has 0 bridgehead atoms. The Balaban J connectivity index is 2.76. The van der Waals surface area contributed by atoms with Gasteiger partial charge in [-0.15, -0.1) is 0 Å². The number of hydrogen-bond donors (Lipinski definition) is 2. The van der Waals surface area contributed by atoms with Crippen molar-refractivity contribution in [1.29, 1.82) is 0 Å². The van der Waals surface area contributed by atoms with Crippen LogP contribution in [0.2, 0.25) is 0 Å². The van der Waals surface area contributed by atoms with Crippen LogP contribution in [0.15, 0.2) is 16.7 Å². The second-order valence-electron chi connectivity index (χ2n) is 3.87. The van der Waals surface area contributed by atoms with Crippen LogP contribution < -0.4 is 5.32 Å². The minimum atomic E-state index is -4.76. The van der Waals surface area contributed by atoms with Gasteiger partial charge in [-0.25, -0.2) is 0 Å². The van der Waals surface area contributed by atoms with Gasteiger partial charge in [-0.3, -0.25) is 4.79 Å². The number of halogens is 3. The molecule has 0 spiro atoms. The fourth-order valence-corrected chi connectivity index (χ4v) is 1.50. The lowest BCUT2D eigenvalue weighted by Crippen LogP contribution is -2.49. The highest BCUT2D eigenvalue weighted by molar-refractivity contribution is 5.95. The molecule has 1 rings (SSSR count). The molecule has 0 aliphatic heterocycles. The van der Waals surface area contributed by atoms with Gasteiger partial charge in [-0.1, -0.05) is 6.92 Å². The molecule has 1 aromatic heterocycles. The van der Waals surface area contributed by atoms with Crippen molar-refractivity contribution < 1.29 is 27.5 Å². The zero-order valence-electron chi connectivity index (χ0n) is 9.91. The monoisotopic (exact) mass is 265 g/mol. The van der Waals surface area contributed by atoms with E-state index in [2.05, 4.69) is 5.32 Å². The first kappa shape index (κ1) is 14.6. The molecule has 7 heteroatoms. The fraction of sp³-hybridized carbons (Fsp3) is 0.545. The van der Waals surface area contributed by atoms with Gasteiger partial charge in [0.15, 0.2) is 6.10 Å². The number of aryl methyl sites for hydroxylation is 1. The quantitative estimate of drug-likeness (QED) is 0.875. The van der Waals surface area contributed by atoms with Crippen LogP contribution in [0.1, 0.15) is 29.5 Å². The van der Waals surface area contributed by atoms with Crippen LogP contribution in [-0.4, -0.2) is 29.3 Å². The lowest BCUT2D eigenvalue weighted by Gasteiger charge is -2.24. The highest BCUT2D eigenvalue weighted by Crippen LogP contribution is 2.24. The van der Waals surface area contributed by atoms with Crippen molar-refractivity contribution in [1.82, 2.24) is 5.32 Å². The number of furan rings is 1. The third kappa shape index (κ3) is 3.25. The zero-order chi connectivity index (χ0) is 13.9. The van der Waals surface area contributed by atoms with E-state index in [1.807, 2.05) is 0 Å². The van der Waals surface area contributed by atoms with Gasteiger partial charge in [0.2, 0.25) is 0 Å². The topological polar surface area (TPSA) is 62.5 Å². The maximum atomic E-state index is 12.3. The molecule has 2 atom stereocenters. The Labute approximate surface area is 102 Å². The van der Waals surface area contributed by atoms with Crippen molar-refractivity contribution >= 4 is 5.91 Å². The van der Waals surface area contributed by atoms with Crippen LogP contribution in [0.5, 0.6) is 0 Å². The van der Waals surface area contributed by atoms with Crippen molar-refractivity contribution in [2.24, 2.45) is 0 Å². The third-order valence-corrected chi connectivity index (χ3v) is 2.58. The minimum Gasteiger partial charge on any atom is -0.469 e. The zero-order valence-corrected chi connectivity index (χ0v) is 9.91. The summed E-state index contributed by atoms with van der Waals surface area (Å²) in [6, 6.07) is -0.0241. The van der Waals surface area contributed by atoms with E-state index in [1.165, 1.54) is 26.2 Å². The minimum absolute atomic E-state index is 0.0384. The maximum absolute atomic E-state index is 12.3. The highest BCUT2D eigenvalue weighted by atomic mass is 19.4. The van der Waals surface area contributed by atoms with Crippen LogP contribution in [0.25, 0.3) is 0 Å². The van der Waals surface area contributed by atoms with E-state index in [-0.39, 0.29) is 12.0 Å². The molecular formula is C11H14F3NO3. The Morgan fingerprint density at radius 3 is 2.56 bits per heavy atom. The second-order valence-corrected chi connectivity index (χ2v) is 3.87. The van der Waals surface area contributed by atoms with Crippen molar-refractivity contribution in [2.75, 3.05) is 0 Å². The average molecular weight is 265 g/mol. The SMILES string of the molecule is CCC(NC(=O)c1ccoc1C)C(O)C(F)(F)F. The Kier molecular flexibility index (Phi) is 4.39. The number of amides is 1. The summed E-state index contributed by atoms with van der Waals surface area (Å²) >= 11 is 0. The lowest BCUT2D eigenvalue weighted by molar-refractivity contribution is -0.211. The number of alkyl halides is 3. The summed E-state index contributed by atoms with van der Waals surface area (Å²) in [5.74, 6) is -0.389. The Bertz CT molecular complexity index is 414. The van der Waals surface area contributed by atoms with Gasteiger partial charge in [0.1, 0.15) is 5.76 Å². The number of carbonyl (C=O) groups is 1. The van der Waals surface area contributed by atoms with Crippen LogP contribution in [-0.2, 0) is 0 Å². The first-order valence-electron chi connectivity index (χ1n) is 5.37. The van der Waals surface area contributed by atoms with E-state index in [0.717, 1.165) is 0 Å². The van der Waals surface area contributed by atoms with Gasteiger partial charge in [0, 0.05) is 0 Å². The predicted octanol–water partition coefficient (Wildman–Crippen LogP) is 2.02. The predicted molar refractivity (Wildman–Crippen MR) is 57.1 cm³/mol. The summed E-state index contributed by atoms with van der Waals surface area (Å²) in [5.41, 5.74) is 0.155. The smallest absolute Gasteiger partial charge is 0.416 e. The molecule has 0 aromatic carbocycles. The number of hydrogen-bond acceptors (Lipinski definition) is 3. The van der Waals surface area contributed by atoms with Crippen LogP contribution in [0.3, 0.4) is 0 Å². The molecule has 2 unspecified atom stereocenters. The molecule has 0 radical (unpaired) electrons. The molecule has 0 aliphatic carbocycles. The molecule has 1 aromatic rings. The van der Waals surface area contributed by atoms with E-state index in [1.54, 1.807) is 0 Å². The van der Waals surface area contributed by atoms with Gasteiger partial charge in [0.05, 0.1) is 17.9 Å². The normalized spacial score (nSPS) is 15.2. The van der Waals surface area contributed by atoms with Crippen molar-refractivity contribution in [3.63, 3.8) is 0 Å². The molecule has 4 nitrogen and oxygen atoms in total. The van der Waals surface area contributed by atoms with E-state index < -0.39 is 24.2 Å². The van der Waals surface area contributed by atoms with Crippen molar-refractivity contribution in [3.8, 4) is 0 Å². The van der Waals surface area contributed by atoms with Crippen LogP contribution in [0.4, 0.5) is 13.2 Å². The molecule has 0 saturated heterocycles. The summed E-state index contributed by atoms with van der Waals surface area (Å²) in [4.78, 5) is 11.7. The Hall–Kier alpha value is -1.50. The summed E-state index contributed by atoms with van der Waals surface area (Å²) in [7, 11) is 0. The molecule has 1 amide bonds. The highest BCUT2D eigenvalue weighted by Gasteiger charge is 2.43. The number of rotatable bonds is 4. The second kappa shape index (κ2) is 5.43. The number of aliphatic hydroxyl groups excluding tert-OH is 1. The molecular weight excluding hydrogens is 251 g/mol. The molecule has 0 saturated carbocycles. The van der Waals surface area contributed by atoms with E-state index in [4.69, 9.17) is 9.52 Å². The van der Waals surface area contributed by atoms with Gasteiger partial charge < -0.3 is 14.8 Å². The number of carbonyl (C=O) groups excluding carboxylic acids is 1. The largest absolute Gasteiger partial charge is 0.469 e. The van der Waals surface area contributed by atoms with Crippen LogP contribution in [0, 0.1) is 6.92 Å². The summed E-state index contributed by atoms with van der Waals surface area (Å²) in [6.45, 7) is 2.97. The van der Waals surface area contributed by atoms with Crippen molar-refractivity contribution in [3.05, 3.63) is 23.7 Å². The third-order valence-electron chi connectivity index (χ3n) is 2.58. The van der Waals surface area contributed by atoms with E-state index in [9.17, 15) is 18.0 Å². The van der Waals surface area contributed by atoms with Gasteiger partial charge >= 0.3 is 6.18 Å². The molecule has 0 aliphatic rings. The standard InChI is InChI=1S/C11H14F3NO3/c1-3-8(9(16)11(12,13)14)15-10(17)7-4-5-18-6(7)2/h4-5,8-9,16H,3H2,1-2H3,(H,15,17). The van der Waals surface area contributed by atoms with Crippen LogP contribution >= 0.6 is 0 Å². The average Bonchev–Trinajstić information content (AvgIpc) is 2.70. The summed E-state index contributed by atoms with van der Waals surface area (Å²) in [6.07, 6.45) is -6.12. The molecule has 18 heavy (non-hydrogen) atoms. The molecule has 1 heterocycles. The van der Waals surface area contributed by atoms with E-state index in [0.29, 0.717) is 5.76 Å². The van der Waals surface area contributed by atoms with Gasteiger partial charge in [-0.05, 0) is 19.4 Å². The molecule has 2 N–H and O–H groups in total. The lowest BCUT2D eigenvalue weighted by atomic mass is 10.1. The van der Waals surface area contributed by atoms with E-state index >= 15 is 0 Å². The first-order chi connectivity index (χ1) is 8.27. The first-order valence-corrected chi connectivity index (χ1v) is 5.37. The van der Waals surface area contributed by atoms with Crippen molar-refractivity contribution in [2.45, 2.75) is 38.6 Å². The number of aliphatic hydroxyl groups is 1.